The molecule has 1 fully saturated rings. The molecular formula is C10H11Cl2NO. The van der Waals surface area contributed by atoms with E-state index in [1.165, 1.54) is 25.3 Å². The van der Waals surface area contributed by atoms with Gasteiger partial charge < -0.3 is 5.73 Å². The van der Waals surface area contributed by atoms with Crippen LogP contribution in [0.15, 0.2) is 18.2 Å². The van der Waals surface area contributed by atoms with E-state index in [0.717, 1.165) is 0 Å². The minimum absolute atomic E-state index is 0.210. The van der Waals surface area contributed by atoms with Crippen LogP contribution in [-0.2, 0) is 0 Å². The number of amides is 1. The molecule has 2 nitrogen and oxygen atoms in total. The molecule has 0 radical (unpaired) electrons. The molecule has 0 spiro atoms. The van der Waals surface area contributed by atoms with E-state index >= 15 is 0 Å². The summed E-state index contributed by atoms with van der Waals surface area (Å²) in [4.78, 5) is 10.7. The third kappa shape index (κ3) is 3.56. The van der Waals surface area contributed by atoms with Crippen molar-refractivity contribution in [2.45, 2.75) is 19.3 Å². The van der Waals surface area contributed by atoms with Gasteiger partial charge in [-0.1, -0.05) is 48.5 Å². The summed E-state index contributed by atoms with van der Waals surface area (Å²) in [5, 5.41) is 0.546. The lowest BCUT2D eigenvalue weighted by atomic mass is 10.2. The monoisotopic (exact) mass is 231 g/mol. The van der Waals surface area contributed by atoms with Crippen molar-refractivity contribution in [2.75, 3.05) is 0 Å². The van der Waals surface area contributed by atoms with Gasteiger partial charge in [0.25, 0.3) is 0 Å². The maximum Gasteiger partial charge on any atom is 0.250 e. The number of halogens is 2. The molecule has 1 amide bonds. The van der Waals surface area contributed by atoms with E-state index in [1.807, 2.05) is 0 Å². The van der Waals surface area contributed by atoms with Gasteiger partial charge in [0.1, 0.15) is 0 Å². The number of carbonyl (C=O) groups is 1. The number of nitrogens with two attached hydrogens (primary N) is 1. The Morgan fingerprint density at radius 1 is 1.21 bits per heavy atom. The van der Waals surface area contributed by atoms with Crippen LogP contribution < -0.4 is 5.73 Å². The van der Waals surface area contributed by atoms with Gasteiger partial charge in [-0.15, -0.1) is 0 Å². The number of carbonyl (C=O) groups excluding carboxylic acids is 1. The second-order valence-corrected chi connectivity index (χ2v) is 3.81. The zero-order valence-corrected chi connectivity index (χ0v) is 9.11. The summed E-state index contributed by atoms with van der Waals surface area (Å²) in [7, 11) is 0. The first-order valence-electron chi connectivity index (χ1n) is 4.36. The van der Waals surface area contributed by atoms with Crippen LogP contribution in [-0.4, -0.2) is 5.91 Å². The third-order valence-corrected chi connectivity index (χ3v) is 2.39. The normalized spacial score (nSPS) is 12.7. The van der Waals surface area contributed by atoms with Crippen LogP contribution in [0.4, 0.5) is 0 Å². The summed E-state index contributed by atoms with van der Waals surface area (Å²) in [6.45, 7) is 0. The molecule has 1 aromatic rings. The van der Waals surface area contributed by atoms with Gasteiger partial charge in [-0.2, -0.15) is 0 Å². The summed E-state index contributed by atoms with van der Waals surface area (Å²) < 4.78 is 0. The molecule has 0 atom stereocenters. The van der Waals surface area contributed by atoms with Crippen molar-refractivity contribution in [3.63, 3.8) is 0 Å². The van der Waals surface area contributed by atoms with Crippen molar-refractivity contribution in [3.05, 3.63) is 33.8 Å². The van der Waals surface area contributed by atoms with Gasteiger partial charge >= 0.3 is 0 Å². The zero-order valence-electron chi connectivity index (χ0n) is 7.59. The maximum atomic E-state index is 10.7. The van der Waals surface area contributed by atoms with E-state index in [1.54, 1.807) is 12.1 Å². The Morgan fingerprint density at radius 3 is 2.14 bits per heavy atom. The second-order valence-electron chi connectivity index (χ2n) is 3.03. The molecule has 0 heterocycles. The molecule has 1 aliphatic rings. The van der Waals surface area contributed by atoms with E-state index < -0.39 is 5.91 Å². The molecule has 1 saturated carbocycles. The molecule has 0 aliphatic heterocycles. The Labute approximate surface area is 93.0 Å². The van der Waals surface area contributed by atoms with Crippen molar-refractivity contribution in [3.8, 4) is 0 Å². The fourth-order valence-electron chi connectivity index (χ4n) is 0.694. The van der Waals surface area contributed by atoms with Gasteiger partial charge in [-0.3, -0.25) is 4.79 Å². The highest BCUT2D eigenvalue weighted by atomic mass is 35.5. The molecule has 2 rings (SSSR count). The Hall–Kier alpha value is -0.730. The van der Waals surface area contributed by atoms with Crippen molar-refractivity contribution >= 4 is 29.1 Å². The minimum atomic E-state index is -0.572. The molecular weight excluding hydrogens is 221 g/mol. The SMILES string of the molecule is C1CC1.NC(=O)c1cccc(Cl)c1Cl. The van der Waals surface area contributed by atoms with Gasteiger partial charge in [-0.05, 0) is 12.1 Å². The van der Waals surface area contributed by atoms with Gasteiger partial charge in [0.2, 0.25) is 5.91 Å². The molecule has 1 aromatic carbocycles. The van der Waals surface area contributed by atoms with Crippen molar-refractivity contribution in [1.82, 2.24) is 0 Å². The number of primary amides is 1. The van der Waals surface area contributed by atoms with Crippen molar-refractivity contribution < 1.29 is 4.79 Å². The number of hydrogen-bond donors (Lipinski definition) is 1. The predicted octanol–water partition coefficient (Wildman–Crippen LogP) is 3.26. The molecule has 0 unspecified atom stereocenters. The molecule has 76 valence electrons. The topological polar surface area (TPSA) is 43.1 Å². The van der Waals surface area contributed by atoms with Crippen LogP contribution in [0.3, 0.4) is 0 Å². The molecule has 0 aromatic heterocycles. The van der Waals surface area contributed by atoms with E-state index in [2.05, 4.69) is 0 Å². The fraction of sp³-hybridized carbons (Fsp3) is 0.300. The highest BCUT2D eigenvalue weighted by molar-refractivity contribution is 6.43. The smallest absolute Gasteiger partial charge is 0.250 e. The molecule has 0 saturated heterocycles. The Bertz CT molecular complexity index is 334. The average molecular weight is 232 g/mol. The summed E-state index contributed by atoms with van der Waals surface area (Å²) in [6.07, 6.45) is 4.50. The quantitative estimate of drug-likeness (QED) is 0.793. The standard InChI is InChI=1S/C7H5Cl2NO.C3H6/c8-5-3-1-2-4(6(5)9)7(10)11;1-2-3-1/h1-3H,(H2,10,11);1-3H2. The lowest BCUT2D eigenvalue weighted by Crippen LogP contribution is -2.11. The van der Waals surface area contributed by atoms with Gasteiger partial charge in [0.05, 0.1) is 15.6 Å². The van der Waals surface area contributed by atoms with Gasteiger partial charge in [0, 0.05) is 0 Å². The van der Waals surface area contributed by atoms with Crippen molar-refractivity contribution in [2.24, 2.45) is 5.73 Å². The van der Waals surface area contributed by atoms with Crippen LogP contribution in [0.5, 0.6) is 0 Å². The molecule has 4 heteroatoms. The number of benzene rings is 1. The summed E-state index contributed by atoms with van der Waals surface area (Å²) >= 11 is 11.3. The Morgan fingerprint density at radius 2 is 1.79 bits per heavy atom. The van der Waals surface area contributed by atoms with Crippen LogP contribution >= 0.6 is 23.2 Å². The highest BCUT2D eigenvalue weighted by Crippen LogP contribution is 2.24. The summed E-state index contributed by atoms with van der Waals surface area (Å²) in [5.74, 6) is -0.572. The zero-order chi connectivity index (χ0) is 10.6. The number of hydrogen-bond acceptors (Lipinski definition) is 1. The predicted molar refractivity (Wildman–Crippen MR) is 58.8 cm³/mol. The van der Waals surface area contributed by atoms with Crippen LogP contribution in [0.1, 0.15) is 29.6 Å². The van der Waals surface area contributed by atoms with Crippen LogP contribution in [0.2, 0.25) is 10.0 Å². The highest BCUT2D eigenvalue weighted by Gasteiger charge is 2.07. The Balaban J connectivity index is 0.000000276. The minimum Gasteiger partial charge on any atom is -0.366 e. The van der Waals surface area contributed by atoms with Crippen LogP contribution in [0, 0.1) is 0 Å². The average Bonchev–Trinajstić information content (AvgIpc) is 2.95. The summed E-state index contributed by atoms with van der Waals surface area (Å²) in [5.41, 5.74) is 5.25. The first-order chi connectivity index (χ1) is 6.63. The Kier molecular flexibility index (Phi) is 4.23. The molecule has 0 bridgehead atoms. The van der Waals surface area contributed by atoms with E-state index in [9.17, 15) is 4.79 Å². The number of rotatable bonds is 1. The van der Waals surface area contributed by atoms with Gasteiger partial charge in [-0.25, -0.2) is 0 Å². The third-order valence-electron chi connectivity index (χ3n) is 1.57. The van der Waals surface area contributed by atoms with Gasteiger partial charge in [0.15, 0.2) is 0 Å². The first kappa shape index (κ1) is 11.3. The molecule has 1 aliphatic carbocycles. The summed E-state index contributed by atoms with van der Waals surface area (Å²) in [6, 6.07) is 4.74. The van der Waals surface area contributed by atoms with E-state index in [4.69, 9.17) is 28.9 Å². The fourth-order valence-corrected chi connectivity index (χ4v) is 1.09. The molecule has 2 N–H and O–H groups in total. The lowest BCUT2D eigenvalue weighted by molar-refractivity contribution is 0.100. The van der Waals surface area contributed by atoms with Crippen LogP contribution in [0.25, 0.3) is 0 Å². The lowest BCUT2D eigenvalue weighted by Gasteiger charge is -1.99. The van der Waals surface area contributed by atoms with E-state index in [-0.39, 0.29) is 10.6 Å². The first-order valence-corrected chi connectivity index (χ1v) is 5.12. The van der Waals surface area contributed by atoms with Crippen molar-refractivity contribution in [1.29, 1.82) is 0 Å². The molecule has 14 heavy (non-hydrogen) atoms. The maximum absolute atomic E-state index is 10.7. The largest absolute Gasteiger partial charge is 0.366 e. The van der Waals surface area contributed by atoms with E-state index in [0.29, 0.717) is 5.02 Å². The second kappa shape index (κ2) is 5.23.